The maximum absolute atomic E-state index is 11.7. The van der Waals surface area contributed by atoms with Crippen molar-refractivity contribution in [1.82, 2.24) is 20.2 Å². The van der Waals surface area contributed by atoms with Crippen molar-refractivity contribution in [3.63, 3.8) is 0 Å². The first-order chi connectivity index (χ1) is 8.99. The fourth-order valence-corrected chi connectivity index (χ4v) is 1.06. The summed E-state index contributed by atoms with van der Waals surface area (Å²) in [7, 11) is 7.33. The summed E-state index contributed by atoms with van der Waals surface area (Å²) < 4.78 is 0. The molecular weight excluding hydrogens is 244 g/mol. The summed E-state index contributed by atoms with van der Waals surface area (Å²) in [4.78, 5) is 23.5. The van der Waals surface area contributed by atoms with Crippen LogP contribution in [0.5, 0.6) is 0 Å². The second-order valence-electron chi connectivity index (χ2n) is 4.24. The number of aromatic nitrogens is 1. The Morgan fingerprint density at radius 2 is 1.89 bits per heavy atom. The van der Waals surface area contributed by atoms with Gasteiger partial charge in [0.15, 0.2) is 5.82 Å². The molecule has 102 valence electrons. The number of aliphatic imine (C=N–C) groups is 1. The van der Waals surface area contributed by atoms with Crippen molar-refractivity contribution in [1.29, 1.82) is 0 Å². The average molecular weight is 262 g/mol. The summed E-state index contributed by atoms with van der Waals surface area (Å²) >= 11 is 0. The van der Waals surface area contributed by atoms with Crippen molar-refractivity contribution >= 4 is 24.4 Å². The van der Waals surface area contributed by atoms with Gasteiger partial charge in [0.25, 0.3) is 5.91 Å². The average Bonchev–Trinajstić information content (AvgIpc) is 2.36. The van der Waals surface area contributed by atoms with Crippen LogP contribution in [0, 0.1) is 0 Å². The highest BCUT2D eigenvalue weighted by Gasteiger charge is 2.06. The Labute approximate surface area is 112 Å². The summed E-state index contributed by atoms with van der Waals surface area (Å²) in [5.74, 6) is 0.0953. The van der Waals surface area contributed by atoms with Crippen LogP contribution in [0.2, 0.25) is 0 Å². The molecule has 0 aliphatic carbocycles. The number of hydrogen-bond acceptors (Lipinski definition) is 4. The number of nitrogens with one attached hydrogen (secondary N) is 1. The maximum atomic E-state index is 11.7. The van der Waals surface area contributed by atoms with E-state index in [0.717, 1.165) is 0 Å². The van der Waals surface area contributed by atoms with Crippen molar-refractivity contribution in [3.8, 4) is 0 Å². The van der Waals surface area contributed by atoms with Gasteiger partial charge in [0.05, 0.1) is 6.34 Å². The van der Waals surface area contributed by atoms with Crippen molar-refractivity contribution in [2.24, 2.45) is 10.1 Å². The van der Waals surface area contributed by atoms with Crippen LogP contribution in [0.15, 0.2) is 28.3 Å². The Bertz CT molecular complexity index is 481. The zero-order valence-corrected chi connectivity index (χ0v) is 11.5. The third kappa shape index (κ3) is 5.62. The summed E-state index contributed by atoms with van der Waals surface area (Å²) in [6.45, 7) is 0. The smallest absolute Gasteiger partial charge is 0.290 e. The first-order valence-electron chi connectivity index (χ1n) is 5.66. The fraction of sp³-hybridized carbons (Fsp3) is 0.333. The van der Waals surface area contributed by atoms with E-state index < -0.39 is 0 Å². The summed E-state index contributed by atoms with van der Waals surface area (Å²) in [5.41, 5.74) is 2.65. The first kappa shape index (κ1) is 14.6. The second kappa shape index (κ2) is 7.10. The van der Waals surface area contributed by atoms with Crippen LogP contribution in [0.3, 0.4) is 0 Å². The largest absolute Gasteiger partial charge is 0.369 e. The van der Waals surface area contributed by atoms with Gasteiger partial charge in [-0.05, 0) is 12.1 Å². The maximum Gasteiger partial charge on any atom is 0.290 e. The lowest BCUT2D eigenvalue weighted by Gasteiger charge is -2.04. The van der Waals surface area contributed by atoms with Crippen molar-refractivity contribution in [2.45, 2.75) is 0 Å². The first-order valence-corrected chi connectivity index (χ1v) is 5.66. The van der Waals surface area contributed by atoms with Crippen LogP contribution in [0.4, 0.5) is 5.82 Å². The highest BCUT2D eigenvalue weighted by atomic mass is 16.2. The summed E-state index contributed by atoms with van der Waals surface area (Å²) in [6, 6.07) is 5.05. The van der Waals surface area contributed by atoms with E-state index >= 15 is 0 Å². The number of carbonyl (C=O) groups excluding carboxylic acids is 1. The van der Waals surface area contributed by atoms with E-state index in [9.17, 15) is 4.79 Å². The topological polar surface area (TPSA) is 73.2 Å². The van der Waals surface area contributed by atoms with Crippen LogP contribution in [0.25, 0.3) is 0 Å². The molecule has 1 heterocycles. The molecule has 0 aliphatic heterocycles. The third-order valence-corrected chi connectivity index (χ3v) is 1.84. The highest BCUT2D eigenvalue weighted by Crippen LogP contribution is 2.07. The Kier molecular flexibility index (Phi) is 5.46. The quantitative estimate of drug-likeness (QED) is 0.477. The molecule has 1 rings (SSSR count). The molecule has 0 atom stereocenters. The minimum absolute atomic E-state index is 0.268. The molecule has 1 aromatic heterocycles. The van der Waals surface area contributed by atoms with Gasteiger partial charge in [-0.25, -0.2) is 15.4 Å². The minimum atomic E-state index is -0.375. The lowest BCUT2D eigenvalue weighted by atomic mass is 10.3. The molecule has 19 heavy (non-hydrogen) atoms. The van der Waals surface area contributed by atoms with Gasteiger partial charge >= 0.3 is 0 Å². The number of hydrogen-bond donors (Lipinski definition) is 1. The number of rotatable bonds is 5. The zero-order valence-electron chi connectivity index (χ0n) is 11.5. The Balaban J connectivity index is 2.73. The molecule has 1 N–H and O–H groups in total. The van der Waals surface area contributed by atoms with Crippen LogP contribution in [-0.4, -0.2) is 61.6 Å². The van der Waals surface area contributed by atoms with E-state index in [1.54, 1.807) is 34.3 Å². The summed E-state index contributed by atoms with van der Waals surface area (Å²) in [6.07, 6.45) is 3.11. The molecular formula is C12H18N6O. The normalized spacial score (nSPS) is 10.9. The molecule has 1 amide bonds. The van der Waals surface area contributed by atoms with E-state index in [-0.39, 0.29) is 11.6 Å². The lowest BCUT2D eigenvalue weighted by molar-refractivity contribution is 0.0950. The van der Waals surface area contributed by atoms with Crippen molar-refractivity contribution < 1.29 is 4.79 Å². The van der Waals surface area contributed by atoms with Gasteiger partial charge in [0.2, 0.25) is 0 Å². The Morgan fingerprint density at radius 3 is 2.53 bits per heavy atom. The molecule has 0 saturated carbocycles. The van der Waals surface area contributed by atoms with Gasteiger partial charge in [0, 0.05) is 28.2 Å². The fourth-order valence-electron chi connectivity index (χ4n) is 1.06. The predicted octanol–water partition coefficient (Wildman–Crippen LogP) is 0.538. The molecule has 0 aromatic carbocycles. The monoisotopic (exact) mass is 262 g/mol. The standard InChI is InChI=1S/C12H18N6O/c1-17(2)8-13-11-7-5-6-10(15-11)12(19)16-14-9-18(3)4/h5-9H,1-4H3,(H,16,19)/b13-8+,14-9+. The number of nitrogens with zero attached hydrogens (tertiary/aromatic N) is 5. The molecule has 0 spiro atoms. The predicted molar refractivity (Wildman–Crippen MR) is 75.7 cm³/mol. The van der Waals surface area contributed by atoms with Gasteiger partial charge in [-0.3, -0.25) is 4.79 Å². The van der Waals surface area contributed by atoms with Gasteiger partial charge in [-0.2, -0.15) is 5.10 Å². The SMILES string of the molecule is CN(C)/C=N/NC(=O)c1cccc(/N=C/N(C)C)n1. The molecule has 0 saturated heterocycles. The molecule has 0 radical (unpaired) electrons. The van der Waals surface area contributed by atoms with E-state index in [0.29, 0.717) is 5.82 Å². The van der Waals surface area contributed by atoms with Crippen LogP contribution >= 0.6 is 0 Å². The number of carbonyl (C=O) groups is 1. The van der Waals surface area contributed by atoms with E-state index in [1.165, 1.54) is 6.34 Å². The number of amides is 1. The molecule has 0 aliphatic rings. The molecule has 0 bridgehead atoms. The molecule has 1 aromatic rings. The van der Waals surface area contributed by atoms with Gasteiger partial charge in [0.1, 0.15) is 12.0 Å². The van der Waals surface area contributed by atoms with Crippen LogP contribution in [0.1, 0.15) is 10.5 Å². The lowest BCUT2D eigenvalue weighted by Crippen LogP contribution is -2.21. The Hall–Kier alpha value is -2.44. The molecule has 7 heteroatoms. The number of hydrazone groups is 1. The van der Waals surface area contributed by atoms with Gasteiger partial charge in [-0.15, -0.1) is 0 Å². The molecule has 0 unspecified atom stereocenters. The molecule has 0 fully saturated rings. The van der Waals surface area contributed by atoms with E-state index in [2.05, 4.69) is 20.5 Å². The van der Waals surface area contributed by atoms with Crippen LogP contribution in [-0.2, 0) is 0 Å². The second-order valence-corrected chi connectivity index (χ2v) is 4.24. The van der Waals surface area contributed by atoms with Gasteiger partial charge in [-0.1, -0.05) is 6.07 Å². The molecule has 7 nitrogen and oxygen atoms in total. The van der Waals surface area contributed by atoms with Crippen LogP contribution < -0.4 is 5.43 Å². The highest BCUT2D eigenvalue weighted by molar-refractivity contribution is 5.92. The van der Waals surface area contributed by atoms with E-state index in [1.807, 2.05) is 28.2 Å². The minimum Gasteiger partial charge on any atom is -0.369 e. The number of pyridine rings is 1. The van der Waals surface area contributed by atoms with Crippen molar-refractivity contribution in [2.75, 3.05) is 28.2 Å². The third-order valence-electron chi connectivity index (χ3n) is 1.84. The van der Waals surface area contributed by atoms with Gasteiger partial charge < -0.3 is 9.80 Å². The summed E-state index contributed by atoms with van der Waals surface area (Å²) in [5, 5.41) is 3.77. The zero-order chi connectivity index (χ0) is 14.3. The Morgan fingerprint density at radius 1 is 1.21 bits per heavy atom. The van der Waals surface area contributed by atoms with Crippen molar-refractivity contribution in [3.05, 3.63) is 23.9 Å². The van der Waals surface area contributed by atoms with E-state index in [4.69, 9.17) is 0 Å².